The smallest absolute Gasteiger partial charge is 0.0735 e. The number of hydrogen-bond acceptors (Lipinski definition) is 4. The van der Waals surface area contributed by atoms with Crippen molar-refractivity contribution in [3.8, 4) is 0 Å². The molecule has 94 valence electrons. The van der Waals surface area contributed by atoms with Crippen molar-refractivity contribution in [2.75, 3.05) is 6.61 Å². The van der Waals surface area contributed by atoms with Gasteiger partial charge in [-0.25, -0.2) is 0 Å². The van der Waals surface area contributed by atoms with Gasteiger partial charge in [-0.3, -0.25) is 9.97 Å². The predicted octanol–water partition coefficient (Wildman–Crippen LogP) is 1.69. The van der Waals surface area contributed by atoms with Gasteiger partial charge in [0.1, 0.15) is 0 Å². The molecule has 2 aromatic rings. The van der Waals surface area contributed by atoms with Crippen LogP contribution < -0.4 is 5.73 Å². The lowest BCUT2D eigenvalue weighted by molar-refractivity contribution is 0.122. The van der Waals surface area contributed by atoms with Gasteiger partial charge in [0, 0.05) is 36.6 Å². The van der Waals surface area contributed by atoms with Crippen LogP contribution in [0.1, 0.15) is 17.0 Å². The standard InChI is InChI=1S/C14H17N3O/c15-10-14-12(4-3-8-17-14)11-18-9-6-13-5-1-2-7-16-13/h1-5,7-8H,6,9-11,15H2. The lowest BCUT2D eigenvalue weighted by Crippen LogP contribution is -2.07. The SMILES string of the molecule is NCc1ncccc1COCCc1ccccn1. The molecular formula is C14H17N3O. The van der Waals surface area contributed by atoms with Crippen LogP contribution in [0.15, 0.2) is 42.7 Å². The Morgan fingerprint density at radius 1 is 1.06 bits per heavy atom. The molecule has 0 spiro atoms. The first-order valence-electron chi connectivity index (χ1n) is 6.00. The lowest BCUT2D eigenvalue weighted by Gasteiger charge is -2.07. The van der Waals surface area contributed by atoms with Gasteiger partial charge in [0.25, 0.3) is 0 Å². The summed E-state index contributed by atoms with van der Waals surface area (Å²) in [6.07, 6.45) is 4.36. The number of nitrogens with zero attached hydrogens (tertiary/aromatic N) is 2. The van der Waals surface area contributed by atoms with E-state index in [-0.39, 0.29) is 0 Å². The van der Waals surface area contributed by atoms with E-state index in [2.05, 4.69) is 9.97 Å². The Balaban J connectivity index is 1.78. The molecule has 0 bridgehead atoms. The Labute approximate surface area is 107 Å². The van der Waals surface area contributed by atoms with Crippen LogP contribution in [0.25, 0.3) is 0 Å². The molecule has 0 amide bonds. The van der Waals surface area contributed by atoms with Crippen LogP contribution in [0, 0.1) is 0 Å². The number of rotatable bonds is 6. The molecule has 0 fully saturated rings. The Kier molecular flexibility index (Phi) is 4.81. The third kappa shape index (κ3) is 3.61. The molecule has 18 heavy (non-hydrogen) atoms. The second-order valence-electron chi connectivity index (χ2n) is 3.94. The largest absolute Gasteiger partial charge is 0.376 e. The molecule has 0 unspecified atom stereocenters. The highest BCUT2D eigenvalue weighted by atomic mass is 16.5. The number of ether oxygens (including phenoxy) is 1. The Bertz CT molecular complexity index is 473. The minimum atomic E-state index is 0.444. The molecule has 0 aliphatic rings. The Morgan fingerprint density at radius 2 is 1.94 bits per heavy atom. The van der Waals surface area contributed by atoms with Gasteiger partial charge in [-0.05, 0) is 18.2 Å². The van der Waals surface area contributed by atoms with Gasteiger partial charge in [-0.1, -0.05) is 12.1 Å². The molecule has 2 aromatic heterocycles. The maximum absolute atomic E-state index is 5.63. The van der Waals surface area contributed by atoms with E-state index < -0.39 is 0 Å². The van der Waals surface area contributed by atoms with Crippen LogP contribution in [-0.2, 0) is 24.3 Å². The normalized spacial score (nSPS) is 10.5. The molecule has 0 aliphatic heterocycles. The van der Waals surface area contributed by atoms with E-state index in [1.54, 1.807) is 12.4 Å². The molecule has 2 rings (SSSR count). The highest BCUT2D eigenvalue weighted by Crippen LogP contribution is 2.06. The second-order valence-corrected chi connectivity index (χ2v) is 3.94. The number of aromatic nitrogens is 2. The van der Waals surface area contributed by atoms with Crippen LogP contribution >= 0.6 is 0 Å². The highest BCUT2D eigenvalue weighted by molar-refractivity contribution is 5.18. The van der Waals surface area contributed by atoms with Crippen LogP contribution in [0.4, 0.5) is 0 Å². The quantitative estimate of drug-likeness (QED) is 0.784. The number of nitrogens with two attached hydrogens (primary N) is 1. The van der Waals surface area contributed by atoms with E-state index in [1.165, 1.54) is 0 Å². The molecule has 0 atom stereocenters. The van der Waals surface area contributed by atoms with Crippen LogP contribution in [-0.4, -0.2) is 16.6 Å². The topological polar surface area (TPSA) is 61.0 Å². The fourth-order valence-corrected chi connectivity index (χ4v) is 1.69. The fraction of sp³-hybridized carbons (Fsp3) is 0.286. The molecule has 0 saturated heterocycles. The molecule has 0 saturated carbocycles. The van der Waals surface area contributed by atoms with Crippen molar-refractivity contribution in [2.24, 2.45) is 5.73 Å². The van der Waals surface area contributed by atoms with E-state index in [4.69, 9.17) is 10.5 Å². The molecule has 2 heterocycles. The molecule has 0 aromatic carbocycles. The average Bonchev–Trinajstić information content (AvgIpc) is 2.45. The van der Waals surface area contributed by atoms with Crippen molar-refractivity contribution in [3.05, 3.63) is 59.7 Å². The Morgan fingerprint density at radius 3 is 2.72 bits per heavy atom. The monoisotopic (exact) mass is 243 g/mol. The maximum Gasteiger partial charge on any atom is 0.0735 e. The van der Waals surface area contributed by atoms with Gasteiger partial charge >= 0.3 is 0 Å². The van der Waals surface area contributed by atoms with Crippen LogP contribution in [0.5, 0.6) is 0 Å². The van der Waals surface area contributed by atoms with E-state index in [0.29, 0.717) is 19.8 Å². The summed E-state index contributed by atoms with van der Waals surface area (Å²) >= 11 is 0. The fourth-order valence-electron chi connectivity index (χ4n) is 1.69. The van der Waals surface area contributed by atoms with Crippen LogP contribution in [0.3, 0.4) is 0 Å². The summed E-state index contributed by atoms with van der Waals surface area (Å²) in [4.78, 5) is 8.46. The van der Waals surface area contributed by atoms with Crippen molar-refractivity contribution in [1.29, 1.82) is 0 Å². The lowest BCUT2D eigenvalue weighted by atomic mass is 10.2. The average molecular weight is 243 g/mol. The number of pyridine rings is 2. The van der Waals surface area contributed by atoms with Gasteiger partial charge in [-0.15, -0.1) is 0 Å². The van der Waals surface area contributed by atoms with E-state index in [9.17, 15) is 0 Å². The minimum absolute atomic E-state index is 0.444. The van der Waals surface area contributed by atoms with Crippen molar-refractivity contribution in [2.45, 2.75) is 19.6 Å². The first-order valence-corrected chi connectivity index (χ1v) is 6.00. The van der Waals surface area contributed by atoms with Gasteiger partial charge in [0.05, 0.1) is 18.9 Å². The molecule has 4 heteroatoms. The van der Waals surface area contributed by atoms with E-state index in [0.717, 1.165) is 23.4 Å². The minimum Gasteiger partial charge on any atom is -0.376 e. The zero-order valence-electron chi connectivity index (χ0n) is 10.2. The van der Waals surface area contributed by atoms with Gasteiger partial charge in [0.2, 0.25) is 0 Å². The summed E-state index contributed by atoms with van der Waals surface area (Å²) in [5.41, 5.74) is 8.62. The van der Waals surface area contributed by atoms with Crippen molar-refractivity contribution in [1.82, 2.24) is 9.97 Å². The zero-order valence-corrected chi connectivity index (χ0v) is 10.2. The summed E-state index contributed by atoms with van der Waals surface area (Å²) in [5, 5.41) is 0. The summed E-state index contributed by atoms with van der Waals surface area (Å²) in [5.74, 6) is 0. The summed E-state index contributed by atoms with van der Waals surface area (Å²) < 4.78 is 5.63. The van der Waals surface area contributed by atoms with Crippen molar-refractivity contribution >= 4 is 0 Å². The molecular weight excluding hydrogens is 226 g/mol. The Hall–Kier alpha value is -1.78. The summed E-state index contributed by atoms with van der Waals surface area (Å²) in [7, 11) is 0. The summed E-state index contributed by atoms with van der Waals surface area (Å²) in [6, 6.07) is 9.79. The van der Waals surface area contributed by atoms with Crippen molar-refractivity contribution in [3.63, 3.8) is 0 Å². The van der Waals surface area contributed by atoms with E-state index in [1.807, 2.05) is 30.3 Å². The first kappa shape index (κ1) is 12.7. The number of hydrogen-bond donors (Lipinski definition) is 1. The van der Waals surface area contributed by atoms with Gasteiger partial charge in [-0.2, -0.15) is 0 Å². The van der Waals surface area contributed by atoms with Crippen molar-refractivity contribution < 1.29 is 4.74 Å². The third-order valence-corrected chi connectivity index (χ3v) is 2.66. The zero-order chi connectivity index (χ0) is 12.6. The molecule has 0 aliphatic carbocycles. The molecule has 0 radical (unpaired) electrons. The summed E-state index contributed by atoms with van der Waals surface area (Å²) in [6.45, 7) is 1.64. The van der Waals surface area contributed by atoms with Gasteiger partial charge < -0.3 is 10.5 Å². The second kappa shape index (κ2) is 6.83. The first-order chi connectivity index (χ1) is 8.90. The molecule has 2 N–H and O–H groups in total. The third-order valence-electron chi connectivity index (χ3n) is 2.66. The van der Waals surface area contributed by atoms with Crippen LogP contribution in [0.2, 0.25) is 0 Å². The maximum atomic E-state index is 5.63. The van der Waals surface area contributed by atoms with Gasteiger partial charge in [0.15, 0.2) is 0 Å². The molecule has 4 nitrogen and oxygen atoms in total. The highest BCUT2D eigenvalue weighted by Gasteiger charge is 2.01. The van der Waals surface area contributed by atoms with E-state index >= 15 is 0 Å². The predicted molar refractivity (Wildman–Crippen MR) is 69.7 cm³/mol.